The molecule has 17 heavy (non-hydrogen) atoms. The first-order chi connectivity index (χ1) is 8.18. The van der Waals surface area contributed by atoms with Crippen molar-refractivity contribution in [3.8, 4) is 0 Å². The van der Waals surface area contributed by atoms with Crippen molar-refractivity contribution in [3.05, 3.63) is 34.9 Å². The van der Waals surface area contributed by atoms with Crippen LogP contribution in [-0.4, -0.2) is 12.1 Å². The molecule has 1 fully saturated rings. The molecule has 1 saturated carbocycles. The molecule has 0 unspecified atom stereocenters. The second-order valence-corrected chi connectivity index (χ2v) is 4.62. The molecule has 1 aliphatic carbocycles. The summed E-state index contributed by atoms with van der Waals surface area (Å²) < 4.78 is 0. The fourth-order valence-corrected chi connectivity index (χ4v) is 2.11. The van der Waals surface area contributed by atoms with Gasteiger partial charge in [0.2, 0.25) is 0 Å². The Balaban J connectivity index is 1.97. The Hall–Kier alpha value is -1.35. The van der Waals surface area contributed by atoms with Crippen LogP contribution in [0.5, 0.6) is 0 Å². The van der Waals surface area contributed by atoms with Crippen LogP contribution in [0.2, 0.25) is 0 Å². The maximum Gasteiger partial charge on any atom is 0.373 e. The lowest BCUT2D eigenvalue weighted by Gasteiger charge is -2.11. The predicted molar refractivity (Wildman–Crippen MR) is 64.7 cm³/mol. The van der Waals surface area contributed by atoms with E-state index in [1.165, 1.54) is 0 Å². The Bertz CT molecular complexity index is 406. The van der Waals surface area contributed by atoms with Crippen LogP contribution >= 0.6 is 0 Å². The third kappa shape index (κ3) is 2.86. The highest BCUT2D eigenvalue weighted by Crippen LogP contribution is 2.22. The Kier molecular flexibility index (Phi) is 3.79. The summed E-state index contributed by atoms with van der Waals surface area (Å²) in [5.41, 5.74) is 2.62. The Morgan fingerprint density at radius 1 is 1.24 bits per heavy atom. The second-order valence-electron chi connectivity index (χ2n) is 4.62. The molecule has 2 rings (SSSR count). The van der Waals surface area contributed by atoms with E-state index in [-0.39, 0.29) is 6.10 Å². The van der Waals surface area contributed by atoms with Gasteiger partial charge >= 0.3 is 5.97 Å². The van der Waals surface area contributed by atoms with Crippen LogP contribution in [0.25, 0.3) is 0 Å². The first-order valence-corrected chi connectivity index (χ1v) is 6.12. The summed E-state index contributed by atoms with van der Waals surface area (Å²) in [6.45, 7) is 3.89. The SMILES string of the molecule is Cc1cccc(C(=O)OOC2CCCC2)c1C. The minimum Gasteiger partial charge on any atom is -0.293 e. The predicted octanol–water partition coefficient (Wildman–Crippen LogP) is 3.33. The van der Waals surface area contributed by atoms with E-state index in [1.54, 1.807) is 6.07 Å². The highest BCUT2D eigenvalue weighted by atomic mass is 17.2. The molecule has 1 aromatic rings. The number of carbonyl (C=O) groups is 1. The average molecular weight is 234 g/mol. The van der Waals surface area contributed by atoms with Crippen LogP contribution in [0.15, 0.2) is 18.2 Å². The molecule has 0 heterocycles. The van der Waals surface area contributed by atoms with Crippen molar-refractivity contribution < 1.29 is 14.6 Å². The molecule has 0 amide bonds. The third-order valence-corrected chi connectivity index (χ3v) is 3.39. The number of rotatable bonds is 3. The van der Waals surface area contributed by atoms with E-state index in [2.05, 4.69) is 0 Å². The Morgan fingerprint density at radius 3 is 2.65 bits per heavy atom. The summed E-state index contributed by atoms with van der Waals surface area (Å²) in [6.07, 6.45) is 4.38. The van der Waals surface area contributed by atoms with Crippen LogP contribution in [0.1, 0.15) is 47.2 Å². The summed E-state index contributed by atoms with van der Waals surface area (Å²) in [5, 5.41) is 0. The van der Waals surface area contributed by atoms with E-state index >= 15 is 0 Å². The number of benzene rings is 1. The van der Waals surface area contributed by atoms with Gasteiger partial charge in [0.15, 0.2) is 0 Å². The molecule has 0 aromatic heterocycles. The van der Waals surface area contributed by atoms with Crippen molar-refractivity contribution in [3.63, 3.8) is 0 Å². The van der Waals surface area contributed by atoms with Gasteiger partial charge in [-0.25, -0.2) is 4.79 Å². The molecule has 0 radical (unpaired) electrons. The van der Waals surface area contributed by atoms with Crippen molar-refractivity contribution in [2.45, 2.75) is 45.6 Å². The molecule has 0 N–H and O–H groups in total. The number of aryl methyl sites for hydroxylation is 1. The molecule has 0 bridgehead atoms. The van der Waals surface area contributed by atoms with Gasteiger partial charge in [-0.3, -0.25) is 4.89 Å². The summed E-state index contributed by atoms with van der Waals surface area (Å²) in [5.74, 6) is -0.391. The zero-order valence-corrected chi connectivity index (χ0v) is 10.4. The van der Waals surface area contributed by atoms with Crippen LogP contribution < -0.4 is 0 Å². The summed E-state index contributed by atoms with van der Waals surface area (Å²) in [4.78, 5) is 21.9. The van der Waals surface area contributed by atoms with Gasteiger partial charge in [0.1, 0.15) is 6.10 Å². The van der Waals surface area contributed by atoms with E-state index in [0.717, 1.165) is 36.8 Å². The standard InChI is InChI=1S/C14H18O3/c1-10-6-5-9-13(11(10)2)14(15)17-16-12-7-3-4-8-12/h5-6,9,12H,3-4,7-8H2,1-2H3. The molecular weight excluding hydrogens is 216 g/mol. The van der Waals surface area contributed by atoms with Crippen LogP contribution in [0.3, 0.4) is 0 Å². The number of hydrogen-bond acceptors (Lipinski definition) is 3. The molecule has 1 aromatic carbocycles. The normalized spacial score (nSPS) is 16.1. The van der Waals surface area contributed by atoms with E-state index in [9.17, 15) is 4.79 Å². The largest absolute Gasteiger partial charge is 0.373 e. The molecule has 3 nitrogen and oxygen atoms in total. The molecule has 92 valence electrons. The van der Waals surface area contributed by atoms with Gasteiger partial charge in [-0.05, 0) is 43.9 Å². The van der Waals surface area contributed by atoms with Crippen molar-refractivity contribution in [1.29, 1.82) is 0 Å². The summed E-state index contributed by atoms with van der Waals surface area (Å²) >= 11 is 0. The average Bonchev–Trinajstić information content (AvgIpc) is 2.82. The molecule has 0 spiro atoms. The minimum absolute atomic E-state index is 0.0871. The van der Waals surface area contributed by atoms with Gasteiger partial charge < -0.3 is 0 Å². The van der Waals surface area contributed by atoms with Gasteiger partial charge in [-0.2, -0.15) is 4.89 Å². The van der Waals surface area contributed by atoms with E-state index in [4.69, 9.17) is 9.78 Å². The fourth-order valence-electron chi connectivity index (χ4n) is 2.11. The van der Waals surface area contributed by atoms with E-state index in [0.29, 0.717) is 5.56 Å². The van der Waals surface area contributed by atoms with Gasteiger partial charge in [-0.15, -0.1) is 0 Å². The maximum absolute atomic E-state index is 11.8. The molecule has 3 heteroatoms. The lowest BCUT2D eigenvalue weighted by atomic mass is 10.0. The van der Waals surface area contributed by atoms with E-state index < -0.39 is 5.97 Å². The van der Waals surface area contributed by atoms with Gasteiger partial charge in [-0.1, -0.05) is 25.0 Å². The van der Waals surface area contributed by atoms with Crippen LogP contribution in [-0.2, 0) is 9.78 Å². The van der Waals surface area contributed by atoms with Crippen LogP contribution in [0, 0.1) is 13.8 Å². The maximum atomic E-state index is 11.8. The van der Waals surface area contributed by atoms with Gasteiger partial charge in [0, 0.05) is 0 Å². The van der Waals surface area contributed by atoms with Gasteiger partial charge in [0.05, 0.1) is 5.56 Å². The Labute approximate surface area is 102 Å². The number of hydrogen-bond donors (Lipinski definition) is 0. The quantitative estimate of drug-likeness (QED) is 0.594. The van der Waals surface area contributed by atoms with Crippen molar-refractivity contribution >= 4 is 5.97 Å². The molecule has 0 atom stereocenters. The summed E-state index contributed by atoms with van der Waals surface area (Å²) in [6, 6.07) is 5.60. The highest BCUT2D eigenvalue weighted by Gasteiger charge is 2.20. The minimum atomic E-state index is -0.391. The molecular formula is C14H18O3. The summed E-state index contributed by atoms with van der Waals surface area (Å²) in [7, 11) is 0. The van der Waals surface area contributed by atoms with Crippen LogP contribution in [0.4, 0.5) is 0 Å². The van der Waals surface area contributed by atoms with Crippen molar-refractivity contribution in [2.24, 2.45) is 0 Å². The molecule has 0 aliphatic heterocycles. The van der Waals surface area contributed by atoms with Crippen molar-refractivity contribution in [1.82, 2.24) is 0 Å². The molecule has 1 aliphatic rings. The molecule has 0 saturated heterocycles. The topological polar surface area (TPSA) is 35.5 Å². The first-order valence-electron chi connectivity index (χ1n) is 6.12. The van der Waals surface area contributed by atoms with Crippen molar-refractivity contribution in [2.75, 3.05) is 0 Å². The monoisotopic (exact) mass is 234 g/mol. The van der Waals surface area contributed by atoms with Gasteiger partial charge in [0.25, 0.3) is 0 Å². The second kappa shape index (κ2) is 5.32. The zero-order valence-electron chi connectivity index (χ0n) is 10.4. The van der Waals surface area contributed by atoms with E-state index in [1.807, 2.05) is 26.0 Å². The Morgan fingerprint density at radius 2 is 1.94 bits per heavy atom. The number of carbonyl (C=O) groups excluding carboxylic acids is 1. The first kappa shape index (κ1) is 12.1. The third-order valence-electron chi connectivity index (χ3n) is 3.39. The highest BCUT2D eigenvalue weighted by molar-refractivity contribution is 5.90. The fraction of sp³-hybridized carbons (Fsp3) is 0.500. The smallest absolute Gasteiger partial charge is 0.293 e. The lowest BCUT2D eigenvalue weighted by molar-refractivity contribution is -0.272. The zero-order chi connectivity index (χ0) is 12.3. The lowest BCUT2D eigenvalue weighted by Crippen LogP contribution is -2.14.